The lowest BCUT2D eigenvalue weighted by molar-refractivity contribution is -0.129. The van der Waals surface area contributed by atoms with Crippen LogP contribution in [0.4, 0.5) is 0 Å². The highest BCUT2D eigenvalue weighted by molar-refractivity contribution is 6.02. The van der Waals surface area contributed by atoms with Crippen LogP contribution in [0.15, 0.2) is 30.3 Å². The highest BCUT2D eigenvalue weighted by Crippen LogP contribution is 2.41. The Kier molecular flexibility index (Phi) is 9.44. The van der Waals surface area contributed by atoms with Crippen molar-refractivity contribution in [3.8, 4) is 11.1 Å². The SMILES string of the molecule is CCCC(CC1CC(=O)c2c(C)c(-c3ccc(C)cc3)cc(C(C)C)c2C1)C(CC)C(=O)CC(C)=O. The van der Waals surface area contributed by atoms with E-state index in [1.54, 1.807) is 0 Å². The number of carbonyl (C=O) groups is 3. The highest BCUT2D eigenvalue weighted by atomic mass is 16.1. The molecule has 2 aromatic carbocycles. The van der Waals surface area contributed by atoms with Crippen LogP contribution in [-0.2, 0) is 16.0 Å². The Morgan fingerprint density at radius 2 is 1.69 bits per heavy atom. The molecule has 0 radical (unpaired) electrons. The van der Waals surface area contributed by atoms with Gasteiger partial charge in [-0.25, -0.2) is 0 Å². The minimum Gasteiger partial charge on any atom is -0.300 e. The Hall–Kier alpha value is -2.55. The smallest absolute Gasteiger partial charge is 0.163 e. The molecule has 0 fully saturated rings. The fraction of sp³-hybridized carbons (Fsp3) is 0.545. The van der Waals surface area contributed by atoms with Gasteiger partial charge >= 0.3 is 0 Å². The highest BCUT2D eigenvalue weighted by Gasteiger charge is 2.34. The normalized spacial score (nSPS) is 17.1. The number of Topliss-reactive ketones (excluding diaryl/α,β-unsaturated/α-hetero) is 3. The van der Waals surface area contributed by atoms with E-state index in [-0.39, 0.29) is 41.5 Å². The van der Waals surface area contributed by atoms with E-state index < -0.39 is 0 Å². The maximum atomic E-state index is 13.7. The summed E-state index contributed by atoms with van der Waals surface area (Å²) in [6.07, 6.45) is 5.05. The summed E-state index contributed by atoms with van der Waals surface area (Å²) in [6.45, 7) is 14.3. The van der Waals surface area contributed by atoms with Gasteiger partial charge in [-0.15, -0.1) is 0 Å². The predicted molar refractivity (Wildman–Crippen MR) is 149 cm³/mol. The maximum Gasteiger partial charge on any atom is 0.163 e. The van der Waals surface area contributed by atoms with E-state index in [1.165, 1.54) is 23.6 Å². The van der Waals surface area contributed by atoms with Crippen LogP contribution in [0.1, 0.15) is 112 Å². The van der Waals surface area contributed by atoms with Gasteiger partial charge in [-0.3, -0.25) is 14.4 Å². The fourth-order valence-corrected chi connectivity index (χ4v) is 6.38. The van der Waals surface area contributed by atoms with Gasteiger partial charge in [0.25, 0.3) is 0 Å². The zero-order valence-electron chi connectivity index (χ0n) is 23.4. The number of rotatable bonds is 11. The largest absolute Gasteiger partial charge is 0.300 e. The van der Waals surface area contributed by atoms with E-state index in [0.29, 0.717) is 12.3 Å². The molecule has 2 aromatic rings. The molecule has 0 saturated heterocycles. The van der Waals surface area contributed by atoms with Crippen molar-refractivity contribution in [1.29, 1.82) is 0 Å². The second kappa shape index (κ2) is 12.1. The number of aryl methyl sites for hydroxylation is 1. The van der Waals surface area contributed by atoms with E-state index in [4.69, 9.17) is 0 Å². The van der Waals surface area contributed by atoms with E-state index in [0.717, 1.165) is 54.4 Å². The molecular weight excluding hydrogens is 444 g/mol. The summed E-state index contributed by atoms with van der Waals surface area (Å²) in [5.74, 6) is 0.949. The number of hydrogen-bond acceptors (Lipinski definition) is 3. The second-order valence-electron chi connectivity index (χ2n) is 11.4. The fourth-order valence-electron chi connectivity index (χ4n) is 6.38. The molecule has 0 aliphatic heterocycles. The zero-order chi connectivity index (χ0) is 26.6. The third-order valence-electron chi connectivity index (χ3n) is 8.10. The zero-order valence-corrected chi connectivity index (χ0v) is 23.4. The van der Waals surface area contributed by atoms with Crippen LogP contribution in [0.25, 0.3) is 11.1 Å². The Balaban J connectivity index is 1.97. The van der Waals surface area contributed by atoms with Gasteiger partial charge in [-0.2, -0.15) is 0 Å². The number of carbonyl (C=O) groups excluding carboxylic acids is 3. The predicted octanol–water partition coefficient (Wildman–Crippen LogP) is 8.22. The molecule has 3 heteroatoms. The van der Waals surface area contributed by atoms with Crippen LogP contribution in [0.5, 0.6) is 0 Å². The van der Waals surface area contributed by atoms with Crippen molar-refractivity contribution in [2.45, 2.75) is 99.3 Å². The van der Waals surface area contributed by atoms with Crippen molar-refractivity contribution in [2.75, 3.05) is 0 Å². The van der Waals surface area contributed by atoms with E-state index in [2.05, 4.69) is 71.9 Å². The first-order valence-electron chi connectivity index (χ1n) is 13.9. The van der Waals surface area contributed by atoms with Crippen LogP contribution in [0.3, 0.4) is 0 Å². The van der Waals surface area contributed by atoms with Crippen molar-refractivity contribution in [1.82, 2.24) is 0 Å². The van der Waals surface area contributed by atoms with Gasteiger partial charge < -0.3 is 0 Å². The lowest BCUT2D eigenvalue weighted by Gasteiger charge is -2.33. The molecule has 0 saturated carbocycles. The van der Waals surface area contributed by atoms with Crippen molar-refractivity contribution >= 4 is 17.3 Å². The molecule has 0 N–H and O–H groups in total. The Morgan fingerprint density at radius 1 is 1.03 bits per heavy atom. The van der Waals surface area contributed by atoms with Crippen molar-refractivity contribution < 1.29 is 14.4 Å². The summed E-state index contributed by atoms with van der Waals surface area (Å²) in [4.78, 5) is 38.2. The topological polar surface area (TPSA) is 51.2 Å². The van der Waals surface area contributed by atoms with Crippen molar-refractivity contribution in [3.05, 3.63) is 58.1 Å². The molecular formula is C33H44O3. The first-order valence-corrected chi connectivity index (χ1v) is 13.9. The molecule has 3 nitrogen and oxygen atoms in total. The van der Waals surface area contributed by atoms with Crippen LogP contribution in [-0.4, -0.2) is 17.3 Å². The number of fused-ring (bicyclic) bond motifs is 1. The van der Waals surface area contributed by atoms with Crippen LogP contribution < -0.4 is 0 Å². The average Bonchev–Trinajstić information content (AvgIpc) is 2.79. The molecule has 3 unspecified atom stereocenters. The monoisotopic (exact) mass is 488 g/mol. The van der Waals surface area contributed by atoms with E-state index >= 15 is 0 Å². The third kappa shape index (κ3) is 6.22. The minimum atomic E-state index is -0.0967. The average molecular weight is 489 g/mol. The molecule has 36 heavy (non-hydrogen) atoms. The molecule has 1 aliphatic rings. The quantitative estimate of drug-likeness (QED) is 0.299. The van der Waals surface area contributed by atoms with Gasteiger partial charge in [0.15, 0.2) is 5.78 Å². The Bertz CT molecular complexity index is 1110. The summed E-state index contributed by atoms with van der Waals surface area (Å²) >= 11 is 0. The molecule has 0 bridgehead atoms. The van der Waals surface area contributed by atoms with Crippen LogP contribution >= 0.6 is 0 Å². The first-order chi connectivity index (χ1) is 17.1. The maximum absolute atomic E-state index is 13.7. The van der Waals surface area contributed by atoms with Gasteiger partial charge in [-0.1, -0.05) is 76.4 Å². The lowest BCUT2D eigenvalue weighted by atomic mass is 9.70. The van der Waals surface area contributed by atoms with E-state index in [9.17, 15) is 14.4 Å². The van der Waals surface area contributed by atoms with Gasteiger partial charge in [0.2, 0.25) is 0 Å². The number of hydrogen-bond donors (Lipinski definition) is 0. The van der Waals surface area contributed by atoms with Crippen LogP contribution in [0.2, 0.25) is 0 Å². The Labute approximate surface area is 218 Å². The van der Waals surface area contributed by atoms with E-state index in [1.807, 2.05) is 0 Å². The molecule has 0 amide bonds. The summed E-state index contributed by atoms with van der Waals surface area (Å²) in [7, 11) is 0. The first kappa shape index (κ1) is 28.0. The number of ketones is 3. The molecule has 0 aromatic heterocycles. The van der Waals surface area contributed by atoms with Gasteiger partial charge in [0.05, 0.1) is 6.42 Å². The van der Waals surface area contributed by atoms with Gasteiger partial charge in [-0.05, 0) is 85.6 Å². The van der Waals surface area contributed by atoms with Gasteiger partial charge in [0.1, 0.15) is 11.6 Å². The standard InChI is InChI=1S/C33H44O3/c1-8-10-26(27(9-2)31(35)15-22(6)34)16-24-17-30-28(20(3)4)19-29(23(7)33(30)32(36)18-24)25-13-11-21(5)12-14-25/h11-14,19-20,24,26-27H,8-10,15-18H2,1-7H3. The third-order valence-corrected chi connectivity index (χ3v) is 8.10. The molecule has 0 heterocycles. The molecule has 3 atom stereocenters. The molecule has 1 aliphatic carbocycles. The van der Waals surface area contributed by atoms with Crippen molar-refractivity contribution in [3.63, 3.8) is 0 Å². The summed E-state index contributed by atoms with van der Waals surface area (Å²) in [6, 6.07) is 10.9. The van der Waals surface area contributed by atoms with Crippen LogP contribution in [0, 0.1) is 31.6 Å². The lowest BCUT2D eigenvalue weighted by Crippen LogP contribution is -2.30. The van der Waals surface area contributed by atoms with Crippen molar-refractivity contribution in [2.24, 2.45) is 17.8 Å². The van der Waals surface area contributed by atoms with Gasteiger partial charge in [0, 0.05) is 17.9 Å². The molecule has 3 rings (SSSR count). The molecule has 0 spiro atoms. The summed E-state index contributed by atoms with van der Waals surface area (Å²) < 4.78 is 0. The molecule has 194 valence electrons. The Morgan fingerprint density at radius 3 is 2.25 bits per heavy atom. The summed E-state index contributed by atoms with van der Waals surface area (Å²) in [5, 5.41) is 0. The number of benzene rings is 2. The second-order valence-corrected chi connectivity index (χ2v) is 11.4. The summed E-state index contributed by atoms with van der Waals surface area (Å²) in [5.41, 5.74) is 8.07. The minimum absolute atomic E-state index is 0.0314.